The summed E-state index contributed by atoms with van der Waals surface area (Å²) >= 11 is 0. The van der Waals surface area contributed by atoms with Crippen LogP contribution < -0.4 is 5.32 Å². The van der Waals surface area contributed by atoms with Gasteiger partial charge < -0.3 is 9.88 Å². The predicted octanol–water partition coefficient (Wildman–Crippen LogP) is 3.39. The smallest absolute Gasteiger partial charge is 0.224 e. The van der Waals surface area contributed by atoms with Gasteiger partial charge in [-0.25, -0.2) is 4.98 Å². The van der Waals surface area contributed by atoms with E-state index >= 15 is 0 Å². The second kappa shape index (κ2) is 7.79. The van der Waals surface area contributed by atoms with Gasteiger partial charge >= 0.3 is 0 Å². The van der Waals surface area contributed by atoms with Crippen molar-refractivity contribution in [3.63, 3.8) is 0 Å². The van der Waals surface area contributed by atoms with Gasteiger partial charge in [-0.1, -0.05) is 42.5 Å². The van der Waals surface area contributed by atoms with Gasteiger partial charge in [0.15, 0.2) is 0 Å². The fourth-order valence-corrected chi connectivity index (χ4v) is 2.88. The minimum atomic E-state index is 0.0495. The number of benzene rings is 2. The van der Waals surface area contributed by atoms with Crippen LogP contribution in [0.25, 0.3) is 5.69 Å². The van der Waals surface area contributed by atoms with Crippen LogP contribution in [0.2, 0.25) is 0 Å². The topological polar surface area (TPSA) is 46.9 Å². The summed E-state index contributed by atoms with van der Waals surface area (Å²) in [4.78, 5) is 16.7. The van der Waals surface area contributed by atoms with Gasteiger partial charge in [0, 0.05) is 24.8 Å². The number of aryl methyl sites for hydroxylation is 2. The molecule has 0 bridgehead atoms. The summed E-state index contributed by atoms with van der Waals surface area (Å²) in [6.45, 7) is 4.62. The van der Waals surface area contributed by atoms with Gasteiger partial charge in [0.2, 0.25) is 5.91 Å². The van der Waals surface area contributed by atoms with E-state index in [4.69, 9.17) is 0 Å². The van der Waals surface area contributed by atoms with Crippen LogP contribution in [0.15, 0.2) is 60.8 Å². The van der Waals surface area contributed by atoms with Crippen LogP contribution in [-0.4, -0.2) is 22.0 Å². The normalized spacial score (nSPS) is 10.6. The highest BCUT2D eigenvalue weighted by Crippen LogP contribution is 2.12. The lowest BCUT2D eigenvalue weighted by atomic mass is 10.1. The highest BCUT2D eigenvalue weighted by atomic mass is 16.1. The van der Waals surface area contributed by atoms with Crippen molar-refractivity contribution >= 4 is 5.91 Å². The summed E-state index contributed by atoms with van der Waals surface area (Å²) in [6.07, 6.45) is 3.18. The number of nitrogens with one attached hydrogen (secondary N) is 1. The first-order valence-electron chi connectivity index (χ1n) is 8.55. The number of para-hydroxylation sites is 1. The maximum atomic E-state index is 12.1. The number of carbonyl (C=O) groups excluding carboxylic acids is 1. The molecule has 2 aromatic carbocycles. The molecule has 3 rings (SSSR count). The van der Waals surface area contributed by atoms with Crippen molar-refractivity contribution in [3.8, 4) is 5.69 Å². The molecule has 0 aliphatic heterocycles. The number of rotatable bonds is 6. The Balaban J connectivity index is 1.54. The summed E-state index contributed by atoms with van der Waals surface area (Å²) in [5.74, 6) is 1.00. The van der Waals surface area contributed by atoms with Gasteiger partial charge in [-0.2, -0.15) is 0 Å². The molecule has 0 atom stereocenters. The Morgan fingerprint density at radius 3 is 2.52 bits per heavy atom. The molecule has 4 nitrogen and oxygen atoms in total. The monoisotopic (exact) mass is 333 g/mol. The standard InChI is InChI=1S/C21H23N3O/c1-16-8-6-7-9-18(16)14-21(25)22-13-12-19-15-24(17(2)23-19)20-10-4-3-5-11-20/h3-11,15H,12-14H2,1-2H3,(H,22,25). The van der Waals surface area contributed by atoms with E-state index < -0.39 is 0 Å². The largest absolute Gasteiger partial charge is 0.355 e. The molecule has 0 saturated carbocycles. The Bertz CT molecular complexity index is 853. The van der Waals surface area contributed by atoms with Gasteiger partial charge in [-0.15, -0.1) is 0 Å². The zero-order valence-corrected chi connectivity index (χ0v) is 14.7. The number of hydrogen-bond acceptors (Lipinski definition) is 2. The lowest BCUT2D eigenvalue weighted by Crippen LogP contribution is -2.27. The summed E-state index contributed by atoms with van der Waals surface area (Å²) in [5, 5.41) is 2.99. The lowest BCUT2D eigenvalue weighted by molar-refractivity contribution is -0.120. The Morgan fingerprint density at radius 2 is 1.76 bits per heavy atom. The molecular weight excluding hydrogens is 310 g/mol. The molecule has 1 amide bonds. The van der Waals surface area contributed by atoms with Crippen LogP contribution in [0.4, 0.5) is 0 Å². The molecule has 0 fully saturated rings. The van der Waals surface area contributed by atoms with Gasteiger partial charge in [-0.05, 0) is 37.1 Å². The number of imidazole rings is 1. The first kappa shape index (κ1) is 17.0. The molecule has 4 heteroatoms. The highest BCUT2D eigenvalue weighted by Gasteiger charge is 2.08. The lowest BCUT2D eigenvalue weighted by Gasteiger charge is -2.06. The maximum Gasteiger partial charge on any atom is 0.224 e. The van der Waals surface area contributed by atoms with E-state index in [1.165, 1.54) is 0 Å². The predicted molar refractivity (Wildman–Crippen MR) is 99.9 cm³/mol. The summed E-state index contributed by atoms with van der Waals surface area (Å²) in [6, 6.07) is 18.1. The number of amides is 1. The van der Waals surface area contributed by atoms with Crippen molar-refractivity contribution in [2.75, 3.05) is 6.54 Å². The molecule has 0 aliphatic carbocycles. The van der Waals surface area contributed by atoms with Crippen molar-refractivity contribution in [1.29, 1.82) is 0 Å². The van der Waals surface area contributed by atoms with Crippen molar-refractivity contribution in [2.24, 2.45) is 0 Å². The molecule has 1 aromatic heterocycles. The highest BCUT2D eigenvalue weighted by molar-refractivity contribution is 5.78. The van der Waals surface area contributed by atoms with Gasteiger partial charge in [0.1, 0.15) is 5.82 Å². The molecular formula is C21H23N3O. The number of nitrogens with zero attached hydrogens (tertiary/aromatic N) is 2. The quantitative estimate of drug-likeness (QED) is 0.751. The summed E-state index contributed by atoms with van der Waals surface area (Å²) < 4.78 is 2.07. The Hall–Kier alpha value is -2.88. The van der Waals surface area contributed by atoms with E-state index in [0.29, 0.717) is 13.0 Å². The minimum Gasteiger partial charge on any atom is -0.355 e. The molecule has 3 aromatic rings. The third kappa shape index (κ3) is 4.35. The van der Waals surface area contributed by atoms with Crippen molar-refractivity contribution in [2.45, 2.75) is 26.7 Å². The van der Waals surface area contributed by atoms with E-state index in [1.54, 1.807) is 0 Å². The van der Waals surface area contributed by atoms with Crippen molar-refractivity contribution in [1.82, 2.24) is 14.9 Å². The van der Waals surface area contributed by atoms with E-state index in [2.05, 4.69) is 27.0 Å². The Kier molecular flexibility index (Phi) is 5.29. The third-order valence-electron chi connectivity index (χ3n) is 4.28. The fourth-order valence-electron chi connectivity index (χ4n) is 2.88. The van der Waals surface area contributed by atoms with Crippen LogP contribution in [0.3, 0.4) is 0 Å². The average molecular weight is 333 g/mol. The second-order valence-corrected chi connectivity index (χ2v) is 6.19. The Morgan fingerprint density at radius 1 is 1.04 bits per heavy atom. The molecule has 1 heterocycles. The van der Waals surface area contributed by atoms with Crippen LogP contribution in [0.1, 0.15) is 22.6 Å². The van der Waals surface area contributed by atoms with Crippen LogP contribution in [0, 0.1) is 13.8 Å². The van der Waals surface area contributed by atoms with Crippen molar-refractivity contribution < 1.29 is 4.79 Å². The zero-order valence-electron chi connectivity index (χ0n) is 14.7. The molecule has 128 valence electrons. The zero-order chi connectivity index (χ0) is 17.6. The fraction of sp³-hybridized carbons (Fsp3) is 0.238. The van der Waals surface area contributed by atoms with Gasteiger partial charge in [-0.3, -0.25) is 4.79 Å². The van der Waals surface area contributed by atoms with Crippen molar-refractivity contribution in [3.05, 3.63) is 83.4 Å². The molecule has 0 spiro atoms. The number of hydrogen-bond donors (Lipinski definition) is 1. The van der Waals surface area contributed by atoms with Gasteiger partial charge in [0.05, 0.1) is 12.1 Å². The maximum absolute atomic E-state index is 12.1. The minimum absolute atomic E-state index is 0.0495. The molecule has 25 heavy (non-hydrogen) atoms. The molecule has 0 aliphatic rings. The Labute approximate surface area is 148 Å². The number of aromatic nitrogens is 2. The SMILES string of the molecule is Cc1ccccc1CC(=O)NCCc1cn(-c2ccccc2)c(C)n1. The third-order valence-corrected chi connectivity index (χ3v) is 4.28. The molecule has 0 unspecified atom stereocenters. The van der Waals surface area contributed by atoms with Crippen LogP contribution >= 0.6 is 0 Å². The second-order valence-electron chi connectivity index (χ2n) is 6.19. The van der Waals surface area contributed by atoms with Gasteiger partial charge in [0.25, 0.3) is 0 Å². The van der Waals surface area contributed by atoms with Crippen LogP contribution in [0.5, 0.6) is 0 Å². The average Bonchev–Trinajstić information content (AvgIpc) is 2.98. The van der Waals surface area contributed by atoms with Crippen LogP contribution in [-0.2, 0) is 17.6 Å². The first-order chi connectivity index (χ1) is 12.1. The molecule has 0 saturated heterocycles. The van der Waals surface area contributed by atoms with E-state index in [-0.39, 0.29) is 5.91 Å². The van der Waals surface area contributed by atoms with E-state index in [9.17, 15) is 4.79 Å². The first-order valence-corrected chi connectivity index (χ1v) is 8.55. The van der Waals surface area contributed by atoms with E-state index in [0.717, 1.165) is 34.8 Å². The van der Waals surface area contributed by atoms with E-state index in [1.807, 2.05) is 62.5 Å². The molecule has 1 N–H and O–H groups in total. The number of carbonyl (C=O) groups is 1. The summed E-state index contributed by atoms with van der Waals surface area (Å²) in [7, 11) is 0. The molecule has 0 radical (unpaired) electrons. The summed E-state index contributed by atoms with van der Waals surface area (Å²) in [5.41, 5.74) is 4.30.